The smallest absolute Gasteiger partial charge is 0.279 e. The molecule has 1 heterocycles. The zero-order valence-electron chi connectivity index (χ0n) is 14.7. The highest BCUT2D eigenvalue weighted by Gasteiger charge is 2.13. The summed E-state index contributed by atoms with van der Waals surface area (Å²) in [5.74, 6) is 0.742. The molecule has 0 atom stereocenters. The van der Waals surface area contributed by atoms with Gasteiger partial charge in [0.25, 0.3) is 5.91 Å². The number of imidazole rings is 1. The number of aliphatic imine (C=N–C) groups is 1. The van der Waals surface area contributed by atoms with E-state index in [0.717, 1.165) is 5.52 Å². The number of amides is 1. The first kappa shape index (κ1) is 17.5. The van der Waals surface area contributed by atoms with Crippen LogP contribution in [-0.4, -0.2) is 34.9 Å². The summed E-state index contributed by atoms with van der Waals surface area (Å²) in [4.78, 5) is 23.8. The average molecular weight is 352 g/mol. The molecule has 0 bridgehead atoms. The minimum Gasteiger partial charge on any atom is -0.490 e. The van der Waals surface area contributed by atoms with Crippen molar-refractivity contribution in [1.29, 1.82) is 0 Å². The van der Waals surface area contributed by atoms with Gasteiger partial charge in [-0.25, -0.2) is 4.98 Å². The van der Waals surface area contributed by atoms with Crippen LogP contribution < -0.4 is 15.2 Å². The molecule has 1 aromatic heterocycles. The standard InChI is InChI=1S/C19H20N4O3/c1-3-25-15-9-8-12(10-16(15)26-4-2)19(24)23-18(20)13-6-5-7-14-17(13)22-11-21-14/h5-11H,3-4H2,1-2H3,(H,21,22)(H2,20,23,24). The van der Waals surface area contributed by atoms with E-state index in [4.69, 9.17) is 15.2 Å². The molecule has 0 saturated heterocycles. The zero-order chi connectivity index (χ0) is 18.5. The maximum Gasteiger partial charge on any atom is 0.279 e. The fourth-order valence-electron chi connectivity index (χ4n) is 2.59. The second-order valence-corrected chi connectivity index (χ2v) is 5.43. The summed E-state index contributed by atoms with van der Waals surface area (Å²) in [6, 6.07) is 10.4. The molecule has 0 fully saturated rings. The number of hydrogen-bond donors (Lipinski definition) is 2. The lowest BCUT2D eigenvalue weighted by Crippen LogP contribution is -2.16. The van der Waals surface area contributed by atoms with Crippen molar-refractivity contribution in [3.05, 3.63) is 53.9 Å². The molecule has 3 rings (SSSR count). The molecule has 134 valence electrons. The number of nitrogens with one attached hydrogen (secondary N) is 1. The van der Waals surface area contributed by atoms with Gasteiger partial charge in [0, 0.05) is 11.1 Å². The molecule has 1 amide bonds. The molecule has 0 unspecified atom stereocenters. The molecule has 0 spiro atoms. The van der Waals surface area contributed by atoms with Gasteiger partial charge in [0.05, 0.1) is 30.6 Å². The number of fused-ring (bicyclic) bond motifs is 1. The van der Waals surface area contributed by atoms with Gasteiger partial charge in [-0.05, 0) is 44.2 Å². The van der Waals surface area contributed by atoms with Crippen molar-refractivity contribution < 1.29 is 14.3 Å². The summed E-state index contributed by atoms with van der Waals surface area (Å²) in [6.45, 7) is 4.72. The largest absolute Gasteiger partial charge is 0.490 e. The number of amidine groups is 1. The van der Waals surface area contributed by atoms with E-state index in [9.17, 15) is 4.79 Å². The summed E-state index contributed by atoms with van der Waals surface area (Å²) in [5.41, 5.74) is 8.52. The molecule has 0 aliphatic carbocycles. The number of aromatic nitrogens is 2. The molecule has 7 nitrogen and oxygen atoms in total. The number of benzene rings is 2. The highest BCUT2D eigenvalue weighted by molar-refractivity contribution is 6.13. The third-order valence-electron chi connectivity index (χ3n) is 3.74. The Kier molecular flexibility index (Phi) is 5.17. The normalized spacial score (nSPS) is 11.5. The molecule has 3 aromatic rings. The van der Waals surface area contributed by atoms with Gasteiger partial charge in [-0.15, -0.1) is 0 Å². The van der Waals surface area contributed by atoms with Crippen LogP contribution in [0.3, 0.4) is 0 Å². The minimum absolute atomic E-state index is 0.111. The van der Waals surface area contributed by atoms with Crippen molar-refractivity contribution in [1.82, 2.24) is 9.97 Å². The SMILES string of the molecule is CCOc1ccc(C(=O)N=C(N)c2cccc3[nH]cnc23)cc1OCC. The predicted octanol–water partition coefficient (Wildman–Crippen LogP) is 2.91. The highest BCUT2D eigenvalue weighted by Crippen LogP contribution is 2.29. The van der Waals surface area contributed by atoms with Crippen molar-refractivity contribution in [3.8, 4) is 11.5 Å². The number of rotatable bonds is 6. The van der Waals surface area contributed by atoms with E-state index < -0.39 is 5.91 Å². The molecule has 0 aliphatic heterocycles. The van der Waals surface area contributed by atoms with E-state index in [1.165, 1.54) is 0 Å². The molecule has 0 saturated carbocycles. The second-order valence-electron chi connectivity index (χ2n) is 5.43. The van der Waals surface area contributed by atoms with Crippen LogP contribution in [0.25, 0.3) is 11.0 Å². The molecular formula is C19H20N4O3. The monoisotopic (exact) mass is 352 g/mol. The molecular weight excluding hydrogens is 332 g/mol. The number of carbonyl (C=O) groups is 1. The van der Waals surface area contributed by atoms with E-state index in [2.05, 4.69) is 15.0 Å². The minimum atomic E-state index is -0.459. The summed E-state index contributed by atoms with van der Waals surface area (Å²) in [7, 11) is 0. The van der Waals surface area contributed by atoms with E-state index in [0.29, 0.717) is 41.4 Å². The van der Waals surface area contributed by atoms with Crippen LogP contribution in [-0.2, 0) is 0 Å². The second kappa shape index (κ2) is 7.69. The molecule has 3 N–H and O–H groups in total. The lowest BCUT2D eigenvalue weighted by molar-refractivity contribution is 0.100. The zero-order valence-corrected chi connectivity index (χ0v) is 14.7. The molecule has 0 radical (unpaired) electrons. The quantitative estimate of drug-likeness (QED) is 0.524. The number of aromatic amines is 1. The summed E-state index contributed by atoms with van der Waals surface area (Å²) < 4.78 is 11.1. The van der Waals surface area contributed by atoms with Gasteiger partial charge in [-0.2, -0.15) is 4.99 Å². The third kappa shape index (κ3) is 3.51. The van der Waals surface area contributed by atoms with Crippen molar-refractivity contribution in [3.63, 3.8) is 0 Å². The Bertz CT molecular complexity index is 962. The molecule has 0 aliphatic rings. The Balaban J connectivity index is 1.92. The van der Waals surface area contributed by atoms with Crippen LogP contribution in [0.15, 0.2) is 47.7 Å². The lowest BCUT2D eigenvalue weighted by atomic mass is 10.1. The topological polar surface area (TPSA) is 103 Å². The van der Waals surface area contributed by atoms with Gasteiger partial charge in [0.15, 0.2) is 11.5 Å². The van der Waals surface area contributed by atoms with E-state index in [1.807, 2.05) is 26.0 Å². The van der Waals surface area contributed by atoms with E-state index >= 15 is 0 Å². The number of ether oxygens (including phenoxy) is 2. The number of para-hydroxylation sites is 1. The van der Waals surface area contributed by atoms with Crippen molar-refractivity contribution >= 4 is 22.8 Å². The summed E-state index contributed by atoms with van der Waals surface area (Å²) >= 11 is 0. The first-order valence-electron chi connectivity index (χ1n) is 8.34. The van der Waals surface area contributed by atoms with Gasteiger partial charge in [0.2, 0.25) is 0 Å². The maximum absolute atomic E-state index is 12.5. The molecule has 26 heavy (non-hydrogen) atoms. The third-order valence-corrected chi connectivity index (χ3v) is 3.74. The Morgan fingerprint density at radius 1 is 1.15 bits per heavy atom. The molecule has 7 heteroatoms. The van der Waals surface area contributed by atoms with Crippen LogP contribution in [0.2, 0.25) is 0 Å². The van der Waals surface area contributed by atoms with Gasteiger partial charge in [0.1, 0.15) is 5.84 Å². The number of carbonyl (C=O) groups excluding carboxylic acids is 1. The van der Waals surface area contributed by atoms with Crippen molar-refractivity contribution in [2.24, 2.45) is 10.7 Å². The van der Waals surface area contributed by atoms with Crippen molar-refractivity contribution in [2.45, 2.75) is 13.8 Å². The number of nitrogens with two attached hydrogens (primary N) is 1. The Hall–Kier alpha value is -3.35. The van der Waals surface area contributed by atoms with Gasteiger partial charge < -0.3 is 20.2 Å². The first-order valence-corrected chi connectivity index (χ1v) is 8.34. The highest BCUT2D eigenvalue weighted by atomic mass is 16.5. The van der Waals surface area contributed by atoms with Gasteiger partial charge in [-0.1, -0.05) is 6.07 Å². The Morgan fingerprint density at radius 2 is 1.92 bits per heavy atom. The number of nitrogens with zero attached hydrogens (tertiary/aromatic N) is 2. The average Bonchev–Trinajstić information content (AvgIpc) is 3.12. The summed E-state index contributed by atoms with van der Waals surface area (Å²) in [5, 5.41) is 0. The van der Waals surface area contributed by atoms with Crippen LogP contribution >= 0.6 is 0 Å². The Labute approximate surface area is 150 Å². The Morgan fingerprint density at radius 3 is 2.69 bits per heavy atom. The number of hydrogen-bond acceptors (Lipinski definition) is 4. The van der Waals surface area contributed by atoms with E-state index in [1.54, 1.807) is 30.6 Å². The van der Waals surface area contributed by atoms with Crippen LogP contribution in [0, 0.1) is 0 Å². The fourth-order valence-corrected chi connectivity index (χ4v) is 2.59. The van der Waals surface area contributed by atoms with Crippen molar-refractivity contribution in [2.75, 3.05) is 13.2 Å². The predicted molar refractivity (Wildman–Crippen MR) is 99.9 cm³/mol. The van der Waals surface area contributed by atoms with Gasteiger partial charge >= 0.3 is 0 Å². The summed E-state index contributed by atoms with van der Waals surface area (Å²) in [6.07, 6.45) is 1.57. The number of H-pyrrole nitrogens is 1. The first-order chi connectivity index (χ1) is 12.6. The van der Waals surface area contributed by atoms with Crippen LogP contribution in [0.5, 0.6) is 11.5 Å². The van der Waals surface area contributed by atoms with E-state index in [-0.39, 0.29) is 5.84 Å². The van der Waals surface area contributed by atoms with Gasteiger partial charge in [-0.3, -0.25) is 4.79 Å². The lowest BCUT2D eigenvalue weighted by Gasteiger charge is -2.11. The maximum atomic E-state index is 12.5. The fraction of sp³-hybridized carbons (Fsp3) is 0.211. The van der Waals surface area contributed by atoms with Crippen LogP contribution in [0.4, 0.5) is 0 Å². The molecule has 2 aromatic carbocycles. The van der Waals surface area contributed by atoms with Crippen LogP contribution in [0.1, 0.15) is 29.8 Å².